The van der Waals surface area contributed by atoms with Gasteiger partial charge >= 0.3 is 0 Å². The highest BCUT2D eigenvalue weighted by molar-refractivity contribution is 7.08. The highest BCUT2D eigenvalue weighted by atomic mass is 32.1. The van der Waals surface area contributed by atoms with Crippen LogP contribution in [0.5, 0.6) is 0 Å². The predicted molar refractivity (Wildman–Crippen MR) is 156 cm³/mol. The summed E-state index contributed by atoms with van der Waals surface area (Å²) in [5.74, 6) is 0. The number of hydrogen-bond donors (Lipinski definition) is 1. The van der Waals surface area contributed by atoms with Crippen molar-refractivity contribution < 1.29 is 0 Å². The van der Waals surface area contributed by atoms with Crippen LogP contribution in [-0.2, 0) is 5.54 Å². The van der Waals surface area contributed by atoms with E-state index in [2.05, 4.69) is 139 Å². The SMILES string of the molecule is CCC(N)(CC)c1ccc(-c2ccc(-c3ccsc3)cc2)cc1N(c1ccccc1)c1ccccc1. The normalized spacial score (nSPS) is 11.4. The lowest BCUT2D eigenvalue weighted by molar-refractivity contribution is 0.413. The molecule has 0 radical (unpaired) electrons. The van der Waals surface area contributed by atoms with Gasteiger partial charge < -0.3 is 10.6 Å². The number of benzene rings is 4. The number of anilines is 3. The van der Waals surface area contributed by atoms with E-state index in [1.165, 1.54) is 27.8 Å². The molecule has 4 aromatic carbocycles. The number of hydrogen-bond acceptors (Lipinski definition) is 3. The third kappa shape index (κ3) is 4.73. The Bertz CT molecular complexity index is 1350. The Morgan fingerprint density at radius 1 is 0.639 bits per heavy atom. The average molecular weight is 489 g/mol. The Kier molecular flexibility index (Phi) is 7.04. The van der Waals surface area contributed by atoms with Crippen molar-refractivity contribution in [1.82, 2.24) is 0 Å². The fourth-order valence-electron chi connectivity index (χ4n) is 4.81. The molecule has 1 heterocycles. The molecular formula is C33H32N2S. The summed E-state index contributed by atoms with van der Waals surface area (Å²) in [5, 5.41) is 4.31. The molecule has 0 spiro atoms. The number of rotatable bonds is 8. The van der Waals surface area contributed by atoms with Crippen molar-refractivity contribution in [1.29, 1.82) is 0 Å². The number of para-hydroxylation sites is 2. The second kappa shape index (κ2) is 10.5. The third-order valence-corrected chi connectivity index (χ3v) is 7.82. The molecule has 180 valence electrons. The molecule has 0 amide bonds. The Morgan fingerprint density at radius 2 is 1.17 bits per heavy atom. The third-order valence-electron chi connectivity index (χ3n) is 7.14. The first kappa shape index (κ1) is 24.1. The van der Waals surface area contributed by atoms with Crippen LogP contribution in [0.1, 0.15) is 32.3 Å². The van der Waals surface area contributed by atoms with Gasteiger partial charge in [0.2, 0.25) is 0 Å². The van der Waals surface area contributed by atoms with Crippen molar-refractivity contribution in [3.63, 3.8) is 0 Å². The zero-order chi connectivity index (χ0) is 25.0. The molecule has 0 aliphatic heterocycles. The lowest BCUT2D eigenvalue weighted by Crippen LogP contribution is -2.36. The van der Waals surface area contributed by atoms with Gasteiger partial charge in [0, 0.05) is 16.9 Å². The zero-order valence-corrected chi connectivity index (χ0v) is 21.7. The molecule has 2 N–H and O–H groups in total. The second-order valence-corrected chi connectivity index (χ2v) is 9.97. The van der Waals surface area contributed by atoms with Crippen LogP contribution in [0, 0.1) is 0 Å². The molecule has 0 bridgehead atoms. The van der Waals surface area contributed by atoms with E-state index in [-0.39, 0.29) is 0 Å². The number of thiophene rings is 1. The highest BCUT2D eigenvalue weighted by Crippen LogP contribution is 2.43. The Morgan fingerprint density at radius 3 is 1.67 bits per heavy atom. The van der Waals surface area contributed by atoms with Gasteiger partial charge in [-0.1, -0.05) is 86.6 Å². The molecule has 0 saturated heterocycles. The van der Waals surface area contributed by atoms with Crippen molar-refractivity contribution in [2.75, 3.05) is 4.90 Å². The van der Waals surface area contributed by atoms with Gasteiger partial charge in [0.1, 0.15) is 0 Å². The van der Waals surface area contributed by atoms with Gasteiger partial charge in [-0.15, -0.1) is 0 Å². The monoisotopic (exact) mass is 488 g/mol. The first-order chi connectivity index (χ1) is 17.6. The Labute approximate surface area is 218 Å². The number of nitrogens with zero attached hydrogens (tertiary/aromatic N) is 1. The van der Waals surface area contributed by atoms with Crippen LogP contribution in [0.4, 0.5) is 17.1 Å². The van der Waals surface area contributed by atoms with Crippen LogP contribution in [0.15, 0.2) is 120 Å². The molecule has 5 rings (SSSR count). The van der Waals surface area contributed by atoms with Crippen LogP contribution in [0.3, 0.4) is 0 Å². The lowest BCUT2D eigenvalue weighted by atomic mass is 9.83. The summed E-state index contributed by atoms with van der Waals surface area (Å²) in [6, 6.07) is 38.9. The van der Waals surface area contributed by atoms with E-state index in [0.29, 0.717) is 0 Å². The van der Waals surface area contributed by atoms with Crippen LogP contribution in [-0.4, -0.2) is 0 Å². The van der Waals surface area contributed by atoms with E-state index < -0.39 is 5.54 Å². The van der Waals surface area contributed by atoms with Gasteiger partial charge in [-0.05, 0) is 87.8 Å². The van der Waals surface area contributed by atoms with Gasteiger partial charge in [0.05, 0.1) is 5.69 Å². The molecule has 0 aliphatic rings. The van der Waals surface area contributed by atoms with E-state index >= 15 is 0 Å². The van der Waals surface area contributed by atoms with E-state index in [0.717, 1.165) is 29.9 Å². The Hall–Kier alpha value is -3.66. The fourth-order valence-corrected chi connectivity index (χ4v) is 5.48. The topological polar surface area (TPSA) is 29.3 Å². The maximum absolute atomic E-state index is 7.05. The first-order valence-electron chi connectivity index (χ1n) is 12.6. The smallest absolute Gasteiger partial charge is 0.0518 e. The molecule has 1 aromatic heterocycles. The van der Waals surface area contributed by atoms with Crippen molar-refractivity contribution in [3.05, 3.63) is 126 Å². The van der Waals surface area contributed by atoms with E-state index in [4.69, 9.17) is 5.73 Å². The molecule has 0 fully saturated rings. The highest BCUT2D eigenvalue weighted by Gasteiger charge is 2.29. The second-order valence-electron chi connectivity index (χ2n) is 9.19. The summed E-state index contributed by atoms with van der Waals surface area (Å²) in [6.07, 6.45) is 1.73. The number of nitrogens with two attached hydrogens (primary N) is 1. The lowest BCUT2D eigenvalue weighted by Gasteiger charge is -2.35. The van der Waals surface area contributed by atoms with Crippen molar-refractivity contribution in [2.45, 2.75) is 32.2 Å². The molecule has 5 aromatic rings. The standard InChI is InChI=1S/C33H32N2S/c1-3-33(34,4-2)31-20-19-27(25-15-17-26(18-16-25)28-21-22-36-24-28)23-32(31)35(29-11-7-5-8-12-29)30-13-9-6-10-14-30/h5-24H,3-4,34H2,1-2H3. The summed E-state index contributed by atoms with van der Waals surface area (Å²) >= 11 is 1.73. The van der Waals surface area contributed by atoms with Gasteiger partial charge in [0.15, 0.2) is 0 Å². The summed E-state index contributed by atoms with van der Waals surface area (Å²) < 4.78 is 0. The maximum atomic E-state index is 7.05. The average Bonchev–Trinajstić information content (AvgIpc) is 3.49. The first-order valence-corrected chi connectivity index (χ1v) is 13.5. The molecule has 0 atom stereocenters. The molecule has 2 nitrogen and oxygen atoms in total. The van der Waals surface area contributed by atoms with Gasteiger partial charge in [0.25, 0.3) is 0 Å². The largest absolute Gasteiger partial charge is 0.321 e. The molecular weight excluding hydrogens is 456 g/mol. The van der Waals surface area contributed by atoms with Gasteiger partial charge in [-0.25, -0.2) is 0 Å². The fraction of sp³-hybridized carbons (Fsp3) is 0.152. The van der Waals surface area contributed by atoms with E-state index in [1.54, 1.807) is 11.3 Å². The van der Waals surface area contributed by atoms with Gasteiger partial charge in [-0.2, -0.15) is 11.3 Å². The van der Waals surface area contributed by atoms with Crippen molar-refractivity contribution in [3.8, 4) is 22.3 Å². The van der Waals surface area contributed by atoms with Crippen molar-refractivity contribution >= 4 is 28.4 Å². The van der Waals surface area contributed by atoms with E-state index in [9.17, 15) is 0 Å². The van der Waals surface area contributed by atoms with E-state index in [1.807, 2.05) is 0 Å². The summed E-state index contributed by atoms with van der Waals surface area (Å²) in [5.41, 5.74) is 16.0. The minimum atomic E-state index is -0.418. The molecule has 0 saturated carbocycles. The van der Waals surface area contributed by atoms with Crippen LogP contribution >= 0.6 is 11.3 Å². The summed E-state index contributed by atoms with van der Waals surface area (Å²) in [6.45, 7) is 4.36. The van der Waals surface area contributed by atoms with Crippen LogP contribution in [0.2, 0.25) is 0 Å². The molecule has 36 heavy (non-hydrogen) atoms. The predicted octanol–water partition coefficient (Wildman–Crippen LogP) is 9.53. The van der Waals surface area contributed by atoms with Crippen LogP contribution < -0.4 is 10.6 Å². The zero-order valence-electron chi connectivity index (χ0n) is 20.9. The summed E-state index contributed by atoms with van der Waals surface area (Å²) in [4.78, 5) is 2.34. The minimum absolute atomic E-state index is 0.418. The molecule has 0 unspecified atom stereocenters. The quantitative estimate of drug-likeness (QED) is 0.236. The summed E-state index contributed by atoms with van der Waals surface area (Å²) in [7, 11) is 0. The van der Waals surface area contributed by atoms with Gasteiger partial charge in [-0.3, -0.25) is 0 Å². The molecule has 3 heteroatoms. The minimum Gasteiger partial charge on any atom is -0.321 e. The van der Waals surface area contributed by atoms with Crippen molar-refractivity contribution in [2.24, 2.45) is 5.73 Å². The molecule has 0 aliphatic carbocycles. The Balaban J connectivity index is 1.69. The maximum Gasteiger partial charge on any atom is 0.0518 e. The van der Waals surface area contributed by atoms with Crippen LogP contribution in [0.25, 0.3) is 22.3 Å².